The van der Waals surface area contributed by atoms with E-state index in [1.54, 1.807) is 21.0 Å². The topological polar surface area (TPSA) is 58.6 Å². The number of hydrogen-bond acceptors (Lipinski definition) is 3. The fourth-order valence-corrected chi connectivity index (χ4v) is 1.12. The summed E-state index contributed by atoms with van der Waals surface area (Å²) < 4.78 is 4.94. The molecule has 0 aromatic rings. The number of amides is 1. The molecule has 0 aliphatic carbocycles. The first-order chi connectivity index (χ1) is 6.97. The maximum absolute atomic E-state index is 11.7. The number of methoxy groups -OCH3 is 1. The normalized spacial score (nSPS) is 13.7. The quantitative estimate of drug-likeness (QED) is 0.643. The summed E-state index contributed by atoms with van der Waals surface area (Å²) in [5.74, 6) is 0.144. The third kappa shape index (κ3) is 5.35. The number of rotatable bonds is 7. The summed E-state index contributed by atoms with van der Waals surface area (Å²) in [4.78, 5) is 11.7. The monoisotopic (exact) mass is 237 g/mol. The van der Waals surface area contributed by atoms with Gasteiger partial charge < -0.3 is 15.2 Å². The summed E-state index contributed by atoms with van der Waals surface area (Å²) >= 11 is 5.68. The SMILES string of the molecule is COCC(CCO)NC(=O)C(C)(C)CCl. The molecule has 90 valence electrons. The number of carbonyl (C=O) groups excluding carboxylic acids is 1. The van der Waals surface area contributed by atoms with E-state index in [1.807, 2.05) is 0 Å². The zero-order valence-electron chi connectivity index (χ0n) is 9.55. The van der Waals surface area contributed by atoms with Crippen LogP contribution in [0.5, 0.6) is 0 Å². The summed E-state index contributed by atoms with van der Waals surface area (Å²) in [7, 11) is 1.56. The van der Waals surface area contributed by atoms with Crippen molar-refractivity contribution < 1.29 is 14.6 Å². The van der Waals surface area contributed by atoms with Crippen molar-refractivity contribution in [2.75, 3.05) is 26.2 Å². The molecule has 2 N–H and O–H groups in total. The molecule has 0 aromatic heterocycles. The molecule has 0 aliphatic heterocycles. The highest BCUT2D eigenvalue weighted by atomic mass is 35.5. The van der Waals surface area contributed by atoms with Gasteiger partial charge in [0.2, 0.25) is 5.91 Å². The van der Waals surface area contributed by atoms with Gasteiger partial charge in [-0.05, 0) is 20.3 Å². The van der Waals surface area contributed by atoms with Crippen molar-refractivity contribution in [3.05, 3.63) is 0 Å². The number of nitrogens with one attached hydrogen (secondary N) is 1. The minimum Gasteiger partial charge on any atom is -0.396 e. The largest absolute Gasteiger partial charge is 0.396 e. The summed E-state index contributed by atoms with van der Waals surface area (Å²) in [6.07, 6.45) is 0.484. The molecule has 4 nitrogen and oxygen atoms in total. The Morgan fingerprint density at radius 1 is 1.60 bits per heavy atom. The first-order valence-electron chi connectivity index (χ1n) is 4.94. The van der Waals surface area contributed by atoms with Crippen LogP contribution in [0.3, 0.4) is 0 Å². The average Bonchev–Trinajstić information content (AvgIpc) is 2.18. The van der Waals surface area contributed by atoms with Crippen LogP contribution in [0, 0.1) is 5.41 Å². The third-order valence-corrected chi connectivity index (χ3v) is 2.80. The van der Waals surface area contributed by atoms with E-state index in [9.17, 15) is 4.79 Å². The molecule has 1 unspecified atom stereocenters. The zero-order chi connectivity index (χ0) is 11.9. The van der Waals surface area contributed by atoms with Crippen molar-refractivity contribution in [3.63, 3.8) is 0 Å². The van der Waals surface area contributed by atoms with Gasteiger partial charge >= 0.3 is 0 Å². The van der Waals surface area contributed by atoms with Crippen LogP contribution in [0.15, 0.2) is 0 Å². The Balaban J connectivity index is 4.21. The minimum atomic E-state index is -0.594. The molecular weight excluding hydrogens is 218 g/mol. The van der Waals surface area contributed by atoms with Crippen LogP contribution >= 0.6 is 11.6 Å². The highest BCUT2D eigenvalue weighted by Gasteiger charge is 2.28. The molecule has 0 radical (unpaired) electrons. The fourth-order valence-electron chi connectivity index (χ4n) is 0.996. The highest BCUT2D eigenvalue weighted by Crippen LogP contribution is 2.17. The minimum absolute atomic E-state index is 0.0234. The maximum Gasteiger partial charge on any atom is 0.227 e. The number of aliphatic hydroxyl groups is 1. The van der Waals surface area contributed by atoms with Crippen molar-refractivity contribution in [2.45, 2.75) is 26.3 Å². The Labute approximate surface area is 95.9 Å². The van der Waals surface area contributed by atoms with Gasteiger partial charge in [0.25, 0.3) is 0 Å². The lowest BCUT2D eigenvalue weighted by atomic mass is 9.94. The standard InChI is InChI=1S/C10H20ClNO3/c1-10(2,7-11)9(14)12-8(4-5-13)6-15-3/h8,13H,4-7H2,1-3H3,(H,12,14). The van der Waals surface area contributed by atoms with Crippen LogP contribution in [-0.2, 0) is 9.53 Å². The van der Waals surface area contributed by atoms with Crippen molar-refractivity contribution in [2.24, 2.45) is 5.41 Å². The van der Waals surface area contributed by atoms with Crippen LogP contribution in [0.2, 0.25) is 0 Å². The van der Waals surface area contributed by atoms with Crippen LogP contribution in [0.1, 0.15) is 20.3 Å². The second-order valence-electron chi connectivity index (χ2n) is 4.16. The molecule has 0 saturated carbocycles. The third-order valence-electron chi connectivity index (χ3n) is 2.13. The fraction of sp³-hybridized carbons (Fsp3) is 0.900. The van der Waals surface area contributed by atoms with E-state index < -0.39 is 5.41 Å². The van der Waals surface area contributed by atoms with Gasteiger partial charge in [0.05, 0.1) is 18.1 Å². The zero-order valence-corrected chi connectivity index (χ0v) is 10.3. The summed E-state index contributed by atoms with van der Waals surface area (Å²) in [6, 6.07) is -0.157. The highest BCUT2D eigenvalue weighted by molar-refractivity contribution is 6.19. The van der Waals surface area contributed by atoms with Crippen molar-refractivity contribution in [1.29, 1.82) is 0 Å². The molecule has 0 aromatic carbocycles. The van der Waals surface area contributed by atoms with E-state index in [0.29, 0.717) is 13.0 Å². The number of ether oxygens (including phenoxy) is 1. The summed E-state index contributed by atoms with van der Waals surface area (Å²) in [5, 5.41) is 11.6. The van der Waals surface area contributed by atoms with Gasteiger partial charge in [-0.3, -0.25) is 4.79 Å². The lowest BCUT2D eigenvalue weighted by Gasteiger charge is -2.25. The van der Waals surface area contributed by atoms with E-state index in [4.69, 9.17) is 21.4 Å². The van der Waals surface area contributed by atoms with Crippen molar-refractivity contribution in [3.8, 4) is 0 Å². The molecule has 5 heteroatoms. The molecule has 0 spiro atoms. The summed E-state index contributed by atoms with van der Waals surface area (Å²) in [6.45, 7) is 3.97. The number of carbonyl (C=O) groups is 1. The Morgan fingerprint density at radius 3 is 2.60 bits per heavy atom. The van der Waals surface area contributed by atoms with Gasteiger partial charge in [-0.1, -0.05) is 0 Å². The molecule has 0 saturated heterocycles. The number of halogens is 1. The Kier molecular flexibility index (Phi) is 6.89. The summed E-state index contributed by atoms with van der Waals surface area (Å²) in [5.41, 5.74) is -0.594. The average molecular weight is 238 g/mol. The van der Waals surface area contributed by atoms with E-state index in [1.165, 1.54) is 0 Å². The van der Waals surface area contributed by atoms with Crippen LogP contribution in [-0.4, -0.2) is 43.3 Å². The molecule has 0 aliphatic rings. The predicted octanol–water partition coefficient (Wildman–Crippen LogP) is 0.765. The molecule has 0 fully saturated rings. The van der Waals surface area contributed by atoms with E-state index >= 15 is 0 Å². The molecule has 1 amide bonds. The number of alkyl halides is 1. The second kappa shape index (κ2) is 7.04. The lowest BCUT2D eigenvalue weighted by Crippen LogP contribution is -2.46. The van der Waals surface area contributed by atoms with Gasteiger partial charge in [-0.15, -0.1) is 11.6 Å². The van der Waals surface area contributed by atoms with Gasteiger partial charge in [0, 0.05) is 19.6 Å². The van der Waals surface area contributed by atoms with E-state index in [0.717, 1.165) is 0 Å². The van der Waals surface area contributed by atoms with Gasteiger partial charge in [-0.2, -0.15) is 0 Å². The molecule has 0 heterocycles. The first-order valence-corrected chi connectivity index (χ1v) is 5.48. The predicted molar refractivity (Wildman–Crippen MR) is 60.0 cm³/mol. The Bertz CT molecular complexity index is 191. The molecule has 1 atom stereocenters. The molecular formula is C10H20ClNO3. The second-order valence-corrected chi connectivity index (χ2v) is 4.42. The molecule has 0 rings (SSSR count). The first kappa shape index (κ1) is 14.7. The van der Waals surface area contributed by atoms with Crippen molar-refractivity contribution >= 4 is 17.5 Å². The Hall–Kier alpha value is -0.320. The van der Waals surface area contributed by atoms with Crippen molar-refractivity contribution in [1.82, 2.24) is 5.32 Å². The van der Waals surface area contributed by atoms with Crippen LogP contribution in [0.4, 0.5) is 0 Å². The van der Waals surface area contributed by atoms with Crippen LogP contribution < -0.4 is 5.32 Å². The molecule has 0 bridgehead atoms. The van der Waals surface area contributed by atoms with E-state index in [2.05, 4.69) is 5.32 Å². The lowest BCUT2D eigenvalue weighted by molar-refractivity contribution is -0.129. The smallest absolute Gasteiger partial charge is 0.227 e. The van der Waals surface area contributed by atoms with Gasteiger partial charge in [0.1, 0.15) is 0 Å². The van der Waals surface area contributed by atoms with Gasteiger partial charge in [0.15, 0.2) is 0 Å². The Morgan fingerprint density at radius 2 is 2.20 bits per heavy atom. The van der Waals surface area contributed by atoms with Crippen LogP contribution in [0.25, 0.3) is 0 Å². The molecule has 15 heavy (non-hydrogen) atoms. The van der Waals surface area contributed by atoms with Gasteiger partial charge in [-0.25, -0.2) is 0 Å². The van der Waals surface area contributed by atoms with E-state index in [-0.39, 0.29) is 24.4 Å². The number of hydrogen-bond donors (Lipinski definition) is 2. The number of aliphatic hydroxyl groups excluding tert-OH is 1. The maximum atomic E-state index is 11.7.